The van der Waals surface area contributed by atoms with Gasteiger partial charge in [0.15, 0.2) is 6.04 Å². The lowest BCUT2D eigenvalue weighted by Crippen LogP contribution is -3.19. The fraction of sp³-hybridized carbons (Fsp3) is 0.368. The molecule has 8 nitrogen and oxygen atoms in total. The number of carbonyl (C=O) groups is 2. The monoisotopic (exact) mass is 436 g/mol. The van der Waals surface area contributed by atoms with Gasteiger partial charge in [-0.05, 0) is 35.7 Å². The van der Waals surface area contributed by atoms with Gasteiger partial charge >= 0.3 is 0 Å². The van der Waals surface area contributed by atoms with Crippen molar-refractivity contribution in [2.24, 2.45) is 0 Å². The summed E-state index contributed by atoms with van der Waals surface area (Å²) in [5, 5.41) is 1.74. The Morgan fingerprint density at radius 1 is 1.10 bits per heavy atom. The van der Waals surface area contributed by atoms with Gasteiger partial charge in [0.2, 0.25) is 5.91 Å². The minimum Gasteiger partial charge on any atom is -0.497 e. The zero-order chi connectivity index (χ0) is 20.6. The first-order chi connectivity index (χ1) is 13.9. The number of methoxy groups -OCH3 is 1. The Labute approximate surface area is 173 Å². The van der Waals surface area contributed by atoms with Gasteiger partial charge in [-0.25, -0.2) is 13.3 Å². The molecule has 0 radical (unpaired) electrons. The molecule has 154 valence electrons. The SMILES string of the molecule is COc1ccc(N2C(=O)C[C@H]([NH+]3CCN(S(=O)(=O)c4cccs4)CC3)C2=O)cc1. The summed E-state index contributed by atoms with van der Waals surface area (Å²) >= 11 is 1.20. The Balaban J connectivity index is 1.44. The van der Waals surface area contributed by atoms with Gasteiger partial charge in [0.25, 0.3) is 15.9 Å². The molecule has 2 fully saturated rings. The first-order valence-electron chi connectivity index (χ1n) is 9.31. The molecule has 1 aromatic heterocycles. The average molecular weight is 437 g/mol. The number of hydrogen-bond donors (Lipinski definition) is 1. The summed E-state index contributed by atoms with van der Waals surface area (Å²) in [6, 6.07) is 9.65. The fourth-order valence-electron chi connectivity index (χ4n) is 3.85. The molecule has 1 atom stereocenters. The lowest BCUT2D eigenvalue weighted by atomic mass is 10.2. The van der Waals surface area contributed by atoms with E-state index in [0.29, 0.717) is 41.8 Å². The van der Waals surface area contributed by atoms with E-state index in [1.54, 1.807) is 48.9 Å². The number of anilines is 1. The second kappa shape index (κ2) is 7.86. The van der Waals surface area contributed by atoms with Gasteiger partial charge in [-0.15, -0.1) is 11.3 Å². The number of sulfonamides is 1. The maximum absolute atomic E-state index is 13.0. The van der Waals surface area contributed by atoms with Crippen molar-refractivity contribution in [1.29, 1.82) is 0 Å². The third kappa shape index (κ3) is 3.68. The molecule has 0 aliphatic carbocycles. The van der Waals surface area contributed by atoms with Crippen LogP contribution in [-0.2, 0) is 19.6 Å². The van der Waals surface area contributed by atoms with Gasteiger partial charge in [-0.1, -0.05) is 6.07 Å². The van der Waals surface area contributed by atoms with Gasteiger partial charge in [-0.2, -0.15) is 4.31 Å². The number of imide groups is 1. The number of nitrogens with one attached hydrogen (secondary N) is 1. The Kier molecular flexibility index (Phi) is 5.43. The number of carbonyl (C=O) groups excluding carboxylic acids is 2. The number of quaternary nitrogens is 1. The van der Waals surface area contributed by atoms with Crippen LogP contribution < -0.4 is 14.5 Å². The van der Waals surface area contributed by atoms with E-state index in [2.05, 4.69) is 0 Å². The number of thiophene rings is 1. The van der Waals surface area contributed by atoms with Gasteiger partial charge in [-0.3, -0.25) is 9.59 Å². The first kappa shape index (κ1) is 20.0. The third-order valence-corrected chi connectivity index (χ3v) is 8.70. The topological polar surface area (TPSA) is 88.4 Å². The minimum absolute atomic E-state index is 0.137. The summed E-state index contributed by atoms with van der Waals surface area (Å²) in [4.78, 5) is 27.7. The van der Waals surface area contributed by atoms with Crippen molar-refractivity contribution < 1.29 is 27.6 Å². The summed E-state index contributed by atoms with van der Waals surface area (Å²) < 4.78 is 32.3. The van der Waals surface area contributed by atoms with E-state index in [1.165, 1.54) is 20.5 Å². The molecular weight excluding hydrogens is 414 g/mol. The second-order valence-electron chi connectivity index (χ2n) is 7.02. The van der Waals surface area contributed by atoms with Gasteiger partial charge in [0.1, 0.15) is 9.96 Å². The Morgan fingerprint density at radius 2 is 1.79 bits per heavy atom. The summed E-state index contributed by atoms with van der Waals surface area (Å²) in [5.74, 6) is 0.189. The van der Waals surface area contributed by atoms with Crippen LogP contribution in [0.5, 0.6) is 5.75 Å². The van der Waals surface area contributed by atoms with Crippen molar-refractivity contribution >= 4 is 38.9 Å². The molecule has 10 heteroatoms. The van der Waals surface area contributed by atoms with Crippen molar-refractivity contribution in [2.75, 3.05) is 38.2 Å². The molecule has 2 aromatic rings. The molecule has 2 amide bonds. The molecule has 2 saturated heterocycles. The second-order valence-corrected chi connectivity index (χ2v) is 10.1. The minimum atomic E-state index is -3.49. The predicted molar refractivity (Wildman–Crippen MR) is 108 cm³/mol. The smallest absolute Gasteiger partial charge is 0.292 e. The molecule has 29 heavy (non-hydrogen) atoms. The van der Waals surface area contributed by atoms with Crippen LogP contribution in [0, 0.1) is 0 Å². The standard InChI is InChI=1S/C19H21N3O5S2/c1-27-15-6-4-14(5-7-15)22-17(23)13-16(19(22)24)20-8-10-21(11-9-20)29(25,26)18-3-2-12-28-18/h2-7,12,16H,8-11,13H2,1H3/p+1/t16-/m0/s1. The maximum atomic E-state index is 13.0. The average Bonchev–Trinajstić information content (AvgIpc) is 3.37. The zero-order valence-corrected chi connectivity index (χ0v) is 17.5. The van der Waals surface area contributed by atoms with Crippen LogP contribution in [0.3, 0.4) is 0 Å². The summed E-state index contributed by atoms with van der Waals surface area (Å²) in [7, 11) is -1.93. The number of piperazine rings is 1. The highest BCUT2D eigenvalue weighted by Gasteiger charge is 2.47. The molecule has 0 unspecified atom stereocenters. The van der Waals surface area contributed by atoms with Crippen LogP contribution in [0.25, 0.3) is 0 Å². The quantitative estimate of drug-likeness (QED) is 0.666. The highest BCUT2D eigenvalue weighted by atomic mass is 32.2. The summed E-state index contributed by atoms with van der Waals surface area (Å²) in [6.45, 7) is 1.64. The van der Waals surface area contributed by atoms with Crippen molar-refractivity contribution in [3.05, 3.63) is 41.8 Å². The van der Waals surface area contributed by atoms with E-state index in [-0.39, 0.29) is 18.2 Å². The third-order valence-electron chi connectivity index (χ3n) is 5.42. The number of nitrogens with zero attached hydrogens (tertiary/aromatic N) is 2. The number of hydrogen-bond acceptors (Lipinski definition) is 6. The van der Waals surface area contributed by atoms with E-state index in [1.807, 2.05) is 0 Å². The molecule has 0 bridgehead atoms. The summed E-state index contributed by atoms with van der Waals surface area (Å²) in [6.07, 6.45) is 0.137. The first-order valence-corrected chi connectivity index (χ1v) is 11.6. The zero-order valence-electron chi connectivity index (χ0n) is 15.9. The van der Waals surface area contributed by atoms with Crippen LogP contribution >= 0.6 is 11.3 Å². The molecule has 3 heterocycles. The van der Waals surface area contributed by atoms with Crippen LogP contribution in [-0.4, -0.2) is 63.9 Å². The Hall–Kier alpha value is -2.27. The van der Waals surface area contributed by atoms with E-state index in [9.17, 15) is 18.0 Å². The van der Waals surface area contributed by atoms with E-state index < -0.39 is 16.1 Å². The number of ether oxygens (including phenoxy) is 1. The van der Waals surface area contributed by atoms with E-state index in [0.717, 1.165) is 4.90 Å². The fourth-order valence-corrected chi connectivity index (χ4v) is 6.44. The summed E-state index contributed by atoms with van der Waals surface area (Å²) in [5.41, 5.74) is 0.529. The van der Waals surface area contributed by atoms with Gasteiger partial charge in [0, 0.05) is 0 Å². The normalized spacial score (nSPS) is 21.7. The van der Waals surface area contributed by atoms with Crippen molar-refractivity contribution in [3.8, 4) is 5.75 Å². The number of benzene rings is 1. The molecular formula is C19H22N3O5S2+. The van der Waals surface area contributed by atoms with Gasteiger partial charge < -0.3 is 9.64 Å². The highest BCUT2D eigenvalue weighted by Crippen LogP contribution is 2.25. The lowest BCUT2D eigenvalue weighted by molar-refractivity contribution is -0.918. The molecule has 2 aliphatic heterocycles. The van der Waals surface area contributed by atoms with E-state index in [4.69, 9.17) is 4.74 Å². The molecule has 1 aromatic carbocycles. The van der Waals surface area contributed by atoms with Crippen molar-refractivity contribution in [1.82, 2.24) is 4.31 Å². The van der Waals surface area contributed by atoms with Crippen LogP contribution in [0.2, 0.25) is 0 Å². The molecule has 0 saturated carbocycles. The molecule has 1 N–H and O–H groups in total. The van der Waals surface area contributed by atoms with Crippen LogP contribution in [0.4, 0.5) is 5.69 Å². The molecule has 0 spiro atoms. The van der Waals surface area contributed by atoms with Crippen molar-refractivity contribution in [3.63, 3.8) is 0 Å². The number of amides is 2. The Bertz CT molecular complexity index is 997. The largest absolute Gasteiger partial charge is 0.497 e. The predicted octanol–water partition coefficient (Wildman–Crippen LogP) is -0.0220. The van der Waals surface area contributed by atoms with E-state index >= 15 is 0 Å². The van der Waals surface area contributed by atoms with Crippen LogP contribution in [0.1, 0.15) is 6.42 Å². The number of rotatable bonds is 5. The van der Waals surface area contributed by atoms with Crippen LogP contribution in [0.15, 0.2) is 46.0 Å². The Morgan fingerprint density at radius 3 is 2.38 bits per heavy atom. The molecule has 2 aliphatic rings. The lowest BCUT2D eigenvalue weighted by Gasteiger charge is -2.33. The maximum Gasteiger partial charge on any atom is 0.292 e. The highest BCUT2D eigenvalue weighted by molar-refractivity contribution is 7.91. The van der Waals surface area contributed by atoms with Crippen molar-refractivity contribution in [2.45, 2.75) is 16.7 Å². The molecule has 4 rings (SSSR count). The van der Waals surface area contributed by atoms with Gasteiger partial charge in [0.05, 0.1) is 45.4 Å².